The molecule has 2 heterocycles. The van der Waals surface area contributed by atoms with E-state index in [0.717, 1.165) is 22.4 Å². The average Bonchev–Trinajstić information content (AvgIpc) is 3.08. The maximum Gasteiger partial charge on any atom is 0.175 e. The number of rotatable bonds is 4. The molecule has 0 saturated heterocycles. The summed E-state index contributed by atoms with van der Waals surface area (Å²) in [6.07, 6.45) is 1.87. The van der Waals surface area contributed by atoms with Crippen LogP contribution in [0, 0.1) is 0 Å². The number of nitrogens with zero attached hydrogens (tertiary/aromatic N) is 1. The second-order valence-electron chi connectivity index (χ2n) is 5.34. The fourth-order valence-electron chi connectivity index (χ4n) is 2.61. The molecule has 23 heavy (non-hydrogen) atoms. The van der Waals surface area contributed by atoms with Gasteiger partial charge in [0.05, 0.1) is 16.3 Å². The molecule has 0 aliphatic heterocycles. The van der Waals surface area contributed by atoms with Crippen molar-refractivity contribution in [3.05, 3.63) is 58.8 Å². The highest BCUT2D eigenvalue weighted by Crippen LogP contribution is 2.32. The summed E-state index contributed by atoms with van der Waals surface area (Å²) in [6.45, 7) is 1.96. The molecule has 0 bridgehead atoms. The predicted octanol–water partition coefficient (Wildman–Crippen LogP) is 4.44. The quantitative estimate of drug-likeness (QED) is 0.703. The van der Waals surface area contributed by atoms with Crippen molar-refractivity contribution >= 4 is 21.2 Å². The summed E-state index contributed by atoms with van der Waals surface area (Å²) in [5, 5.41) is 3.95. The maximum absolute atomic E-state index is 12.3. The van der Waals surface area contributed by atoms with Crippen LogP contribution < -0.4 is 0 Å². The molecule has 3 aromatic rings. The van der Waals surface area contributed by atoms with Gasteiger partial charge in [-0.15, -0.1) is 0 Å². The molecule has 0 unspecified atom stereocenters. The fraction of sp³-hybridized carbons (Fsp3) is 0.167. The van der Waals surface area contributed by atoms with Crippen LogP contribution in [0.25, 0.3) is 22.5 Å². The van der Waals surface area contributed by atoms with Gasteiger partial charge in [-0.05, 0) is 29.5 Å². The van der Waals surface area contributed by atoms with Crippen molar-refractivity contribution in [2.45, 2.75) is 18.2 Å². The van der Waals surface area contributed by atoms with E-state index in [1.807, 2.05) is 54.1 Å². The fourth-order valence-corrected chi connectivity index (χ4v) is 4.28. The third kappa shape index (κ3) is 3.21. The van der Waals surface area contributed by atoms with Crippen LogP contribution in [-0.2, 0) is 16.3 Å². The van der Waals surface area contributed by atoms with Gasteiger partial charge >= 0.3 is 0 Å². The minimum absolute atomic E-state index is 0.370. The third-order valence-electron chi connectivity index (χ3n) is 3.70. The number of benzene rings is 1. The van der Waals surface area contributed by atoms with E-state index in [2.05, 4.69) is 0 Å². The van der Waals surface area contributed by atoms with Crippen LogP contribution in [0.5, 0.6) is 0 Å². The summed E-state index contributed by atoms with van der Waals surface area (Å²) >= 11 is 1.57. The molecule has 0 fully saturated rings. The molecule has 0 atom stereocenters. The molecule has 0 radical (unpaired) electrons. The lowest BCUT2D eigenvalue weighted by Crippen LogP contribution is -2.06. The van der Waals surface area contributed by atoms with E-state index in [-0.39, 0.29) is 0 Å². The lowest BCUT2D eigenvalue weighted by molar-refractivity contribution is 0.600. The van der Waals surface area contributed by atoms with E-state index in [1.165, 1.54) is 6.26 Å². The lowest BCUT2D eigenvalue weighted by Gasteiger charge is -2.14. The van der Waals surface area contributed by atoms with E-state index >= 15 is 0 Å². The Kier molecular flexibility index (Phi) is 4.33. The van der Waals surface area contributed by atoms with Crippen LogP contribution in [0.2, 0.25) is 0 Å². The molecule has 0 spiro atoms. The molecule has 2 aromatic heterocycles. The molecular weight excluding hydrogens is 326 g/mol. The highest BCUT2D eigenvalue weighted by atomic mass is 32.2. The maximum atomic E-state index is 12.3. The second-order valence-corrected chi connectivity index (χ2v) is 8.10. The third-order valence-corrected chi connectivity index (χ3v) is 5.55. The van der Waals surface area contributed by atoms with Crippen LogP contribution in [0.4, 0.5) is 0 Å². The Hall–Kier alpha value is -1.98. The zero-order valence-electron chi connectivity index (χ0n) is 13.0. The molecular formula is C18H17NO2S2. The summed E-state index contributed by atoms with van der Waals surface area (Å²) in [4.78, 5) is 5.14. The SMILES string of the molecule is CCc1c(S(C)(=O)=O)cc(-c2ccsc2)nc1-c1ccccc1. The van der Waals surface area contributed by atoms with Gasteiger partial charge in [0.25, 0.3) is 0 Å². The first-order valence-electron chi connectivity index (χ1n) is 7.32. The van der Waals surface area contributed by atoms with Gasteiger partial charge in [0.15, 0.2) is 9.84 Å². The van der Waals surface area contributed by atoms with Crippen LogP contribution in [0.1, 0.15) is 12.5 Å². The summed E-state index contributed by atoms with van der Waals surface area (Å²) < 4.78 is 24.6. The number of thiophene rings is 1. The topological polar surface area (TPSA) is 47.0 Å². The summed E-state index contributed by atoms with van der Waals surface area (Å²) in [7, 11) is -3.33. The second kappa shape index (κ2) is 6.26. The Morgan fingerprint density at radius 3 is 2.39 bits per heavy atom. The average molecular weight is 343 g/mol. The van der Waals surface area contributed by atoms with Gasteiger partial charge in [-0.25, -0.2) is 13.4 Å². The zero-order valence-corrected chi connectivity index (χ0v) is 14.6. The largest absolute Gasteiger partial charge is 0.247 e. The van der Waals surface area contributed by atoms with Crippen molar-refractivity contribution < 1.29 is 8.42 Å². The van der Waals surface area contributed by atoms with Gasteiger partial charge in [-0.1, -0.05) is 37.3 Å². The molecule has 0 aliphatic rings. The van der Waals surface area contributed by atoms with Crippen molar-refractivity contribution in [1.29, 1.82) is 0 Å². The minimum atomic E-state index is -3.33. The molecule has 3 rings (SSSR count). The smallest absolute Gasteiger partial charge is 0.175 e. The van der Waals surface area contributed by atoms with Crippen LogP contribution in [0.3, 0.4) is 0 Å². The molecule has 118 valence electrons. The van der Waals surface area contributed by atoms with E-state index in [9.17, 15) is 8.42 Å². The van der Waals surface area contributed by atoms with Crippen LogP contribution in [0.15, 0.2) is 58.1 Å². The van der Waals surface area contributed by atoms with Crippen LogP contribution in [-0.4, -0.2) is 19.7 Å². The Balaban J connectivity index is 2.35. The van der Waals surface area contributed by atoms with Crippen molar-refractivity contribution in [2.24, 2.45) is 0 Å². The molecule has 0 amide bonds. The predicted molar refractivity (Wildman–Crippen MR) is 95.5 cm³/mol. The first kappa shape index (κ1) is 15.9. The van der Waals surface area contributed by atoms with Gasteiger partial charge in [0, 0.05) is 22.8 Å². The van der Waals surface area contributed by atoms with Crippen molar-refractivity contribution in [3.63, 3.8) is 0 Å². The van der Waals surface area contributed by atoms with E-state index < -0.39 is 9.84 Å². The molecule has 5 heteroatoms. The zero-order chi connectivity index (χ0) is 16.4. The summed E-state index contributed by atoms with van der Waals surface area (Å²) in [5.74, 6) is 0. The highest BCUT2D eigenvalue weighted by Gasteiger charge is 2.20. The van der Waals surface area contributed by atoms with Gasteiger partial charge < -0.3 is 0 Å². The first-order valence-corrected chi connectivity index (χ1v) is 10.2. The van der Waals surface area contributed by atoms with Gasteiger partial charge in [-0.3, -0.25) is 0 Å². The molecule has 0 saturated carbocycles. The molecule has 0 aliphatic carbocycles. The highest BCUT2D eigenvalue weighted by molar-refractivity contribution is 7.90. The van der Waals surface area contributed by atoms with Crippen molar-refractivity contribution in [1.82, 2.24) is 4.98 Å². The van der Waals surface area contributed by atoms with Crippen LogP contribution >= 0.6 is 11.3 Å². The Bertz CT molecular complexity index is 915. The number of sulfone groups is 1. The Morgan fingerprint density at radius 1 is 1.09 bits per heavy atom. The minimum Gasteiger partial charge on any atom is -0.247 e. The van der Waals surface area contributed by atoms with E-state index in [1.54, 1.807) is 17.4 Å². The Labute approximate surface area is 140 Å². The molecule has 3 nitrogen and oxygen atoms in total. The number of hydrogen-bond donors (Lipinski definition) is 0. The van der Waals surface area contributed by atoms with Gasteiger partial charge in [0.1, 0.15) is 0 Å². The lowest BCUT2D eigenvalue weighted by atomic mass is 10.0. The number of pyridine rings is 1. The Morgan fingerprint density at radius 2 is 1.83 bits per heavy atom. The van der Waals surface area contributed by atoms with E-state index in [0.29, 0.717) is 17.0 Å². The summed E-state index contributed by atoms with van der Waals surface area (Å²) in [5.41, 5.74) is 4.10. The first-order chi connectivity index (χ1) is 11.0. The molecule has 1 aromatic carbocycles. The van der Waals surface area contributed by atoms with E-state index in [4.69, 9.17) is 4.98 Å². The monoisotopic (exact) mass is 343 g/mol. The van der Waals surface area contributed by atoms with Gasteiger partial charge in [-0.2, -0.15) is 11.3 Å². The standard InChI is InChI=1S/C18H17NO2S2/c1-3-15-17(23(2,20)21)11-16(14-9-10-22-12-14)19-18(15)13-7-5-4-6-8-13/h4-12H,3H2,1-2H3. The molecule has 0 N–H and O–H groups in total. The summed E-state index contributed by atoms with van der Waals surface area (Å²) in [6, 6.07) is 13.4. The number of aromatic nitrogens is 1. The van der Waals surface area contributed by atoms with Gasteiger partial charge in [0.2, 0.25) is 0 Å². The van der Waals surface area contributed by atoms with Crippen molar-refractivity contribution in [3.8, 4) is 22.5 Å². The van der Waals surface area contributed by atoms with Crippen molar-refractivity contribution in [2.75, 3.05) is 6.26 Å². The number of hydrogen-bond acceptors (Lipinski definition) is 4. The normalized spacial score (nSPS) is 11.6.